The number of anilines is 1. The van der Waals surface area contributed by atoms with Crippen LogP contribution in [0.2, 0.25) is 0 Å². The van der Waals surface area contributed by atoms with Crippen molar-refractivity contribution in [2.24, 2.45) is 5.92 Å². The molecule has 1 saturated carbocycles. The molecule has 3 heterocycles. The van der Waals surface area contributed by atoms with E-state index in [4.69, 9.17) is 0 Å². The van der Waals surface area contributed by atoms with Gasteiger partial charge in [0, 0.05) is 47.5 Å². The number of aliphatic hydroxyl groups excluding tert-OH is 1. The van der Waals surface area contributed by atoms with Crippen molar-refractivity contribution in [3.63, 3.8) is 0 Å². The van der Waals surface area contributed by atoms with E-state index in [1.54, 1.807) is 10.4 Å². The van der Waals surface area contributed by atoms with Crippen molar-refractivity contribution in [1.29, 1.82) is 0 Å². The molecule has 0 unspecified atom stereocenters. The van der Waals surface area contributed by atoms with Gasteiger partial charge in [0.05, 0.1) is 17.0 Å². The molecule has 0 spiro atoms. The third-order valence-electron chi connectivity index (χ3n) is 7.00. The highest BCUT2D eigenvalue weighted by Crippen LogP contribution is 2.44. The number of hydrogen-bond donors (Lipinski definition) is 2. The minimum absolute atomic E-state index is 0.107. The molecule has 3 aromatic rings. The van der Waals surface area contributed by atoms with Gasteiger partial charge in [-0.25, -0.2) is 8.42 Å². The summed E-state index contributed by atoms with van der Waals surface area (Å²) >= 11 is 0. The van der Waals surface area contributed by atoms with Gasteiger partial charge < -0.3 is 15.0 Å². The van der Waals surface area contributed by atoms with E-state index in [2.05, 4.69) is 22.0 Å². The van der Waals surface area contributed by atoms with E-state index in [1.807, 2.05) is 30.3 Å². The zero-order valence-corrected chi connectivity index (χ0v) is 17.5. The monoisotopic (exact) mass is 423 g/mol. The number of nitrogens with zero attached hydrogens (tertiary/aromatic N) is 2. The number of fused-ring (bicyclic) bond motifs is 3. The van der Waals surface area contributed by atoms with Crippen LogP contribution in [0.5, 0.6) is 0 Å². The van der Waals surface area contributed by atoms with Crippen molar-refractivity contribution in [2.45, 2.75) is 36.3 Å². The molecule has 3 fully saturated rings. The van der Waals surface area contributed by atoms with Crippen molar-refractivity contribution in [3.05, 3.63) is 48.5 Å². The number of piperidine rings is 1. The lowest BCUT2D eigenvalue weighted by Gasteiger charge is -2.34. The largest absolute Gasteiger partial charge is 0.391 e. The van der Waals surface area contributed by atoms with E-state index in [0.717, 1.165) is 53.7 Å². The van der Waals surface area contributed by atoms with E-state index in [0.29, 0.717) is 23.9 Å². The van der Waals surface area contributed by atoms with Crippen molar-refractivity contribution in [3.8, 4) is 11.3 Å². The molecule has 2 N–H and O–H groups in total. The fraction of sp³-hybridized carbons (Fsp3) is 0.391. The number of aromatic nitrogens is 1. The van der Waals surface area contributed by atoms with E-state index in [1.165, 1.54) is 0 Å². The number of para-hydroxylation sites is 1. The number of rotatable bonds is 4. The summed E-state index contributed by atoms with van der Waals surface area (Å²) in [5, 5.41) is 11.6. The number of benzene rings is 2. The van der Waals surface area contributed by atoms with Crippen LogP contribution in [0, 0.1) is 5.92 Å². The first-order valence-electron chi connectivity index (χ1n) is 10.7. The third kappa shape index (κ3) is 2.72. The molecule has 2 aliphatic heterocycles. The van der Waals surface area contributed by atoms with Gasteiger partial charge in [0.15, 0.2) is 0 Å². The van der Waals surface area contributed by atoms with Gasteiger partial charge in [0.25, 0.3) is 0 Å². The minimum atomic E-state index is -3.47. The van der Waals surface area contributed by atoms with Crippen molar-refractivity contribution in [2.75, 3.05) is 24.5 Å². The maximum absolute atomic E-state index is 13.0. The van der Waals surface area contributed by atoms with Gasteiger partial charge in [-0.15, -0.1) is 0 Å². The van der Waals surface area contributed by atoms with Crippen LogP contribution in [0.15, 0.2) is 53.4 Å². The minimum Gasteiger partial charge on any atom is -0.391 e. The zero-order valence-electron chi connectivity index (χ0n) is 16.7. The molecule has 1 aromatic heterocycles. The van der Waals surface area contributed by atoms with Gasteiger partial charge in [0.2, 0.25) is 10.0 Å². The summed E-state index contributed by atoms with van der Waals surface area (Å²) in [7, 11) is -3.47. The molecule has 3 aliphatic rings. The maximum Gasteiger partial charge on any atom is 0.243 e. The summed E-state index contributed by atoms with van der Waals surface area (Å²) < 4.78 is 27.6. The van der Waals surface area contributed by atoms with Crippen molar-refractivity contribution in [1.82, 2.24) is 9.29 Å². The SMILES string of the molecule is O=S(=O)(c1ccc(N2C[C@H]3C[C@H](O)[C@@H]2C3)c(-c2cc3ccccc3[nH]2)c1)N1CCC1. The summed E-state index contributed by atoms with van der Waals surface area (Å²) in [5.41, 5.74) is 3.81. The second-order valence-electron chi connectivity index (χ2n) is 8.83. The molecule has 6 nitrogen and oxygen atoms in total. The highest BCUT2D eigenvalue weighted by atomic mass is 32.2. The molecule has 1 aliphatic carbocycles. The highest BCUT2D eigenvalue weighted by Gasteiger charge is 2.45. The predicted molar refractivity (Wildman–Crippen MR) is 117 cm³/mol. The lowest BCUT2D eigenvalue weighted by Crippen LogP contribution is -2.42. The summed E-state index contributed by atoms with van der Waals surface area (Å²) in [5.74, 6) is 0.505. The Morgan fingerprint density at radius 3 is 2.57 bits per heavy atom. The van der Waals surface area contributed by atoms with Gasteiger partial charge in [-0.1, -0.05) is 18.2 Å². The second-order valence-corrected chi connectivity index (χ2v) is 10.8. The fourth-order valence-electron chi connectivity index (χ4n) is 5.30. The number of aliphatic hydroxyl groups is 1. The first-order chi connectivity index (χ1) is 14.5. The van der Waals surface area contributed by atoms with Crippen LogP contribution < -0.4 is 4.90 Å². The van der Waals surface area contributed by atoms with Crippen LogP contribution >= 0.6 is 0 Å². The van der Waals surface area contributed by atoms with E-state index in [-0.39, 0.29) is 12.1 Å². The van der Waals surface area contributed by atoms with Crippen molar-refractivity contribution >= 4 is 26.6 Å². The first kappa shape index (κ1) is 18.4. The van der Waals surface area contributed by atoms with E-state index in [9.17, 15) is 13.5 Å². The Balaban J connectivity index is 1.50. The molecule has 6 rings (SSSR count). The molecule has 2 saturated heterocycles. The molecule has 3 atom stereocenters. The summed E-state index contributed by atoms with van der Waals surface area (Å²) in [6, 6.07) is 15.7. The molecule has 30 heavy (non-hydrogen) atoms. The number of hydrogen-bond acceptors (Lipinski definition) is 4. The van der Waals surface area contributed by atoms with Gasteiger partial charge in [-0.05, 0) is 55.5 Å². The van der Waals surface area contributed by atoms with Crippen LogP contribution in [0.4, 0.5) is 5.69 Å². The summed E-state index contributed by atoms with van der Waals surface area (Å²) in [6.45, 7) is 2.09. The van der Waals surface area contributed by atoms with Crippen LogP contribution in [-0.2, 0) is 10.0 Å². The maximum atomic E-state index is 13.0. The Morgan fingerprint density at radius 2 is 1.87 bits per heavy atom. The first-order valence-corrected chi connectivity index (χ1v) is 12.1. The Morgan fingerprint density at radius 1 is 1.03 bits per heavy atom. The van der Waals surface area contributed by atoms with Gasteiger partial charge in [-0.2, -0.15) is 4.31 Å². The molecule has 2 bridgehead atoms. The third-order valence-corrected chi connectivity index (χ3v) is 8.89. The standard InChI is InChI=1S/C23H25N3O3S/c27-23-11-15-10-22(23)26(14-15)21-7-6-17(30(28,29)25-8-3-9-25)13-18(21)20-12-16-4-1-2-5-19(16)24-20/h1-2,4-7,12-13,15,22-24,27H,3,8-11,14H2/t15-,22+,23+/m1/s1. The lowest BCUT2D eigenvalue weighted by molar-refractivity contribution is 0.146. The van der Waals surface area contributed by atoms with E-state index >= 15 is 0 Å². The van der Waals surface area contributed by atoms with Gasteiger partial charge in [0.1, 0.15) is 0 Å². The molecular weight excluding hydrogens is 398 g/mol. The Hall–Kier alpha value is -2.35. The van der Waals surface area contributed by atoms with Crippen LogP contribution in [0.3, 0.4) is 0 Å². The van der Waals surface area contributed by atoms with Gasteiger partial charge in [-0.3, -0.25) is 0 Å². The summed E-state index contributed by atoms with van der Waals surface area (Å²) in [6.07, 6.45) is 2.47. The molecule has 7 heteroatoms. The zero-order chi connectivity index (χ0) is 20.5. The number of nitrogens with one attached hydrogen (secondary N) is 1. The summed E-state index contributed by atoms with van der Waals surface area (Å²) in [4.78, 5) is 6.08. The average Bonchev–Trinajstić information content (AvgIpc) is 3.38. The van der Waals surface area contributed by atoms with Crippen molar-refractivity contribution < 1.29 is 13.5 Å². The average molecular weight is 424 g/mol. The number of H-pyrrole nitrogens is 1. The Kier molecular flexibility index (Phi) is 4.04. The molecular formula is C23H25N3O3S. The molecule has 0 radical (unpaired) electrons. The van der Waals surface area contributed by atoms with Crippen LogP contribution in [0.25, 0.3) is 22.2 Å². The molecule has 156 valence electrons. The van der Waals surface area contributed by atoms with E-state index < -0.39 is 10.0 Å². The molecule has 0 amide bonds. The predicted octanol–water partition coefficient (Wildman–Crippen LogP) is 3.19. The Bertz CT molecular complexity index is 1200. The second kappa shape index (κ2) is 6.57. The topological polar surface area (TPSA) is 76.6 Å². The van der Waals surface area contributed by atoms with Crippen LogP contribution in [-0.4, -0.2) is 54.6 Å². The fourth-order valence-corrected chi connectivity index (χ4v) is 6.85. The van der Waals surface area contributed by atoms with Gasteiger partial charge >= 0.3 is 0 Å². The highest BCUT2D eigenvalue weighted by molar-refractivity contribution is 7.89. The quantitative estimate of drug-likeness (QED) is 0.676. The van der Waals surface area contributed by atoms with Crippen LogP contribution in [0.1, 0.15) is 19.3 Å². The lowest BCUT2D eigenvalue weighted by atomic mass is 10.0. The smallest absolute Gasteiger partial charge is 0.243 e. The number of sulfonamides is 1. The normalized spacial score (nSPS) is 26.4. The molecule has 2 aromatic carbocycles. The number of aromatic amines is 1. The Labute approximate surface area is 176 Å².